The SMILES string of the molecule is COc1ccc(NC(=O)[C@@H](C)Oc2cc(C)c3c(C)nn(-c4ccccc4)c3n2)cc1OC. The lowest BCUT2D eigenvalue weighted by Gasteiger charge is -2.16. The molecule has 8 nitrogen and oxygen atoms in total. The highest BCUT2D eigenvalue weighted by Gasteiger charge is 2.19. The zero-order valence-corrected chi connectivity index (χ0v) is 19.2. The van der Waals surface area contributed by atoms with Crippen molar-refractivity contribution in [3.05, 3.63) is 65.9 Å². The molecule has 2 aromatic carbocycles. The maximum Gasteiger partial charge on any atom is 0.265 e. The Hall–Kier alpha value is -4.07. The molecule has 33 heavy (non-hydrogen) atoms. The fourth-order valence-corrected chi connectivity index (χ4v) is 3.68. The molecule has 4 rings (SSSR count). The molecule has 1 N–H and O–H groups in total. The van der Waals surface area contributed by atoms with Crippen LogP contribution in [0, 0.1) is 13.8 Å². The van der Waals surface area contributed by atoms with Gasteiger partial charge in [0.1, 0.15) is 0 Å². The van der Waals surface area contributed by atoms with E-state index >= 15 is 0 Å². The quantitative estimate of drug-likeness (QED) is 0.451. The molecule has 0 saturated heterocycles. The molecule has 0 aliphatic rings. The fraction of sp³-hybridized carbons (Fsp3) is 0.240. The molecule has 4 aromatic rings. The van der Waals surface area contributed by atoms with Gasteiger partial charge < -0.3 is 19.5 Å². The van der Waals surface area contributed by atoms with Gasteiger partial charge in [-0.3, -0.25) is 4.79 Å². The number of ether oxygens (including phenoxy) is 3. The van der Waals surface area contributed by atoms with Gasteiger partial charge in [0.2, 0.25) is 5.88 Å². The van der Waals surface area contributed by atoms with E-state index in [2.05, 4.69) is 15.4 Å². The number of pyridine rings is 1. The Bertz CT molecular complexity index is 1300. The summed E-state index contributed by atoms with van der Waals surface area (Å²) in [7, 11) is 3.10. The number of nitrogens with zero attached hydrogens (tertiary/aromatic N) is 3. The van der Waals surface area contributed by atoms with Gasteiger partial charge in [0, 0.05) is 23.2 Å². The molecule has 170 valence electrons. The molecule has 0 unspecified atom stereocenters. The Morgan fingerprint density at radius 2 is 1.73 bits per heavy atom. The molecular formula is C25H26N4O4. The number of nitrogens with one attached hydrogen (secondary N) is 1. The highest BCUT2D eigenvalue weighted by molar-refractivity contribution is 5.94. The van der Waals surface area contributed by atoms with Crippen molar-refractivity contribution in [3.63, 3.8) is 0 Å². The minimum atomic E-state index is -0.781. The molecule has 8 heteroatoms. The number of para-hydroxylation sites is 1. The van der Waals surface area contributed by atoms with E-state index in [1.165, 1.54) is 0 Å². The number of hydrogen-bond donors (Lipinski definition) is 1. The van der Waals surface area contributed by atoms with Gasteiger partial charge in [-0.25, -0.2) is 4.68 Å². The zero-order valence-electron chi connectivity index (χ0n) is 19.2. The first-order chi connectivity index (χ1) is 15.9. The lowest BCUT2D eigenvalue weighted by atomic mass is 10.1. The van der Waals surface area contributed by atoms with Crippen LogP contribution in [0.3, 0.4) is 0 Å². The van der Waals surface area contributed by atoms with Crippen LogP contribution < -0.4 is 19.5 Å². The predicted octanol–water partition coefficient (Wildman–Crippen LogP) is 4.46. The Labute approximate surface area is 192 Å². The van der Waals surface area contributed by atoms with E-state index in [0.717, 1.165) is 22.3 Å². The maximum absolute atomic E-state index is 12.8. The average molecular weight is 447 g/mol. The standard InChI is InChI=1S/C25H26N4O4/c1-15-13-22(27-24-23(15)16(2)28-29(24)19-9-7-6-8-10-19)33-17(3)25(30)26-18-11-12-20(31-4)21(14-18)32-5/h6-14,17H,1-5H3,(H,26,30)/t17-/m1/s1. The van der Waals surface area contributed by atoms with E-state index < -0.39 is 6.10 Å². The summed E-state index contributed by atoms with van der Waals surface area (Å²) >= 11 is 0. The largest absolute Gasteiger partial charge is 0.493 e. The number of rotatable bonds is 7. The summed E-state index contributed by atoms with van der Waals surface area (Å²) in [5.41, 5.74) is 4.01. The summed E-state index contributed by atoms with van der Waals surface area (Å²) in [6, 6.07) is 16.8. The second kappa shape index (κ2) is 9.20. The Balaban J connectivity index is 1.58. The predicted molar refractivity (Wildman–Crippen MR) is 127 cm³/mol. The highest BCUT2D eigenvalue weighted by Crippen LogP contribution is 2.30. The van der Waals surface area contributed by atoms with Crippen LogP contribution in [0.1, 0.15) is 18.2 Å². The molecule has 0 fully saturated rings. The number of anilines is 1. The summed E-state index contributed by atoms with van der Waals surface area (Å²) in [4.78, 5) is 17.4. The number of carbonyl (C=O) groups excluding carboxylic acids is 1. The van der Waals surface area contributed by atoms with Crippen molar-refractivity contribution in [1.82, 2.24) is 14.8 Å². The maximum atomic E-state index is 12.8. The van der Waals surface area contributed by atoms with Gasteiger partial charge in [0.25, 0.3) is 5.91 Å². The van der Waals surface area contributed by atoms with Crippen molar-refractivity contribution in [2.24, 2.45) is 0 Å². The lowest BCUT2D eigenvalue weighted by molar-refractivity contribution is -0.122. The molecule has 0 aliphatic carbocycles. The van der Waals surface area contributed by atoms with Crippen molar-refractivity contribution >= 4 is 22.6 Å². The molecule has 2 aromatic heterocycles. The first-order valence-electron chi connectivity index (χ1n) is 10.5. The third-order valence-electron chi connectivity index (χ3n) is 5.31. The average Bonchev–Trinajstić information content (AvgIpc) is 3.16. The molecule has 0 radical (unpaired) electrons. The Morgan fingerprint density at radius 1 is 1.00 bits per heavy atom. The molecule has 1 amide bonds. The summed E-state index contributed by atoms with van der Waals surface area (Å²) < 4.78 is 18.2. The van der Waals surface area contributed by atoms with Gasteiger partial charge in [0.15, 0.2) is 23.3 Å². The highest BCUT2D eigenvalue weighted by atomic mass is 16.5. The monoisotopic (exact) mass is 446 g/mol. The number of benzene rings is 2. The van der Waals surface area contributed by atoms with Crippen LogP contribution in [0.25, 0.3) is 16.7 Å². The van der Waals surface area contributed by atoms with E-state index in [1.807, 2.05) is 50.2 Å². The number of carbonyl (C=O) groups is 1. The van der Waals surface area contributed by atoms with Gasteiger partial charge in [-0.05, 0) is 50.6 Å². The first kappa shape index (κ1) is 22.1. The second-order valence-corrected chi connectivity index (χ2v) is 7.63. The van der Waals surface area contributed by atoms with E-state index in [0.29, 0.717) is 28.7 Å². The van der Waals surface area contributed by atoms with Crippen molar-refractivity contribution in [1.29, 1.82) is 0 Å². The van der Waals surface area contributed by atoms with Crippen LogP contribution >= 0.6 is 0 Å². The molecule has 0 spiro atoms. The number of amides is 1. The van der Waals surface area contributed by atoms with E-state index in [4.69, 9.17) is 14.2 Å². The number of hydrogen-bond acceptors (Lipinski definition) is 6. The zero-order chi connectivity index (χ0) is 23.5. The van der Waals surface area contributed by atoms with E-state index in [1.54, 1.807) is 44.0 Å². The van der Waals surface area contributed by atoms with Crippen LogP contribution in [-0.4, -0.2) is 41.0 Å². The number of aryl methyl sites for hydroxylation is 2. The van der Waals surface area contributed by atoms with E-state index in [-0.39, 0.29) is 5.91 Å². The summed E-state index contributed by atoms with van der Waals surface area (Å²) in [6.45, 7) is 5.61. The van der Waals surface area contributed by atoms with Gasteiger partial charge >= 0.3 is 0 Å². The summed E-state index contributed by atoms with van der Waals surface area (Å²) in [5.74, 6) is 1.15. The van der Waals surface area contributed by atoms with Gasteiger partial charge in [-0.15, -0.1) is 0 Å². The lowest BCUT2D eigenvalue weighted by Crippen LogP contribution is -2.30. The molecule has 2 heterocycles. The smallest absolute Gasteiger partial charge is 0.265 e. The third-order valence-corrected chi connectivity index (χ3v) is 5.31. The number of methoxy groups -OCH3 is 2. The van der Waals surface area contributed by atoms with E-state index in [9.17, 15) is 4.79 Å². The van der Waals surface area contributed by atoms with Gasteiger partial charge in [0.05, 0.1) is 25.6 Å². The Kier molecular flexibility index (Phi) is 6.17. The molecular weight excluding hydrogens is 420 g/mol. The van der Waals surface area contributed by atoms with Crippen LogP contribution in [0.5, 0.6) is 17.4 Å². The van der Waals surface area contributed by atoms with Crippen molar-refractivity contribution < 1.29 is 19.0 Å². The third kappa shape index (κ3) is 4.45. The minimum Gasteiger partial charge on any atom is -0.493 e. The molecule has 0 saturated carbocycles. The summed E-state index contributed by atoms with van der Waals surface area (Å²) in [5, 5.41) is 8.46. The van der Waals surface area contributed by atoms with Crippen molar-refractivity contribution in [2.75, 3.05) is 19.5 Å². The normalized spacial score (nSPS) is 11.8. The molecule has 0 aliphatic heterocycles. The molecule has 1 atom stereocenters. The first-order valence-corrected chi connectivity index (χ1v) is 10.5. The summed E-state index contributed by atoms with van der Waals surface area (Å²) in [6.07, 6.45) is -0.781. The topological polar surface area (TPSA) is 87.5 Å². The minimum absolute atomic E-state index is 0.311. The van der Waals surface area contributed by atoms with Crippen molar-refractivity contribution in [3.8, 4) is 23.1 Å². The van der Waals surface area contributed by atoms with Gasteiger partial charge in [-0.1, -0.05) is 18.2 Å². The molecule has 0 bridgehead atoms. The van der Waals surface area contributed by atoms with Crippen LogP contribution in [0.4, 0.5) is 5.69 Å². The number of fused-ring (bicyclic) bond motifs is 1. The second-order valence-electron chi connectivity index (χ2n) is 7.63. The number of aromatic nitrogens is 3. The van der Waals surface area contributed by atoms with Crippen LogP contribution in [0.15, 0.2) is 54.6 Å². The fourth-order valence-electron chi connectivity index (χ4n) is 3.68. The Morgan fingerprint density at radius 3 is 2.42 bits per heavy atom. The van der Waals surface area contributed by atoms with Crippen molar-refractivity contribution in [2.45, 2.75) is 26.9 Å². The van der Waals surface area contributed by atoms with Crippen LogP contribution in [-0.2, 0) is 4.79 Å². The van der Waals surface area contributed by atoms with Crippen LogP contribution in [0.2, 0.25) is 0 Å². The van der Waals surface area contributed by atoms with Gasteiger partial charge in [-0.2, -0.15) is 10.1 Å².